The molecule has 0 saturated heterocycles. The molecule has 0 unspecified atom stereocenters. The Morgan fingerprint density at radius 3 is 2.25 bits per heavy atom. The van der Waals surface area contributed by atoms with E-state index < -0.39 is 0 Å². The Kier molecular flexibility index (Phi) is 12.6. The summed E-state index contributed by atoms with van der Waals surface area (Å²) < 4.78 is 0. The number of hydrogen-bond acceptors (Lipinski definition) is 0. The van der Waals surface area contributed by atoms with Gasteiger partial charge in [-0.25, -0.2) is 0 Å². The first-order chi connectivity index (χ1) is 9.97. The van der Waals surface area contributed by atoms with Gasteiger partial charge in [-0.1, -0.05) is 75.1 Å². The Balaban J connectivity index is 0. The molecule has 0 saturated carbocycles. The zero-order valence-corrected chi connectivity index (χ0v) is 18.5. The van der Waals surface area contributed by atoms with Gasteiger partial charge in [0.2, 0.25) is 0 Å². The van der Waals surface area contributed by atoms with Crippen LogP contribution in [0, 0.1) is 0 Å². The number of allylic oxidation sites excluding steroid dienone is 4. The van der Waals surface area contributed by atoms with Gasteiger partial charge in [-0.05, 0) is 37.0 Å². The molecule has 1 aromatic carbocycles. The van der Waals surface area contributed by atoms with Gasteiger partial charge in [-0.2, -0.15) is 0 Å². The second-order valence-electron chi connectivity index (χ2n) is 6.53. The van der Waals surface area contributed by atoms with Crippen LogP contribution < -0.4 is 24.8 Å². The van der Waals surface area contributed by atoms with Crippen LogP contribution in [0.1, 0.15) is 65.0 Å². The number of benzene rings is 1. The van der Waals surface area contributed by atoms with Crippen LogP contribution in [-0.4, -0.2) is 6.54 Å². The number of unbranched alkanes of at least 4 members (excludes halogenated alkanes) is 1. The molecule has 24 heavy (non-hydrogen) atoms. The molecule has 0 bridgehead atoms. The first-order valence-electron chi connectivity index (χ1n) is 8.12. The van der Waals surface area contributed by atoms with E-state index in [9.17, 15) is 0 Å². The van der Waals surface area contributed by atoms with Gasteiger partial charge in [0.15, 0.2) is 0 Å². The van der Waals surface area contributed by atoms with Crippen molar-refractivity contribution in [3.05, 3.63) is 57.9 Å². The second-order valence-corrected chi connectivity index (χ2v) is 6.53. The summed E-state index contributed by atoms with van der Waals surface area (Å²) in [6, 6.07) is 8.80. The monoisotopic (exact) mass is 400 g/mol. The maximum absolute atomic E-state index is 4.95. The maximum Gasteiger partial charge on any atom is 3.00 e. The summed E-state index contributed by atoms with van der Waals surface area (Å²) in [6.07, 6.45) is 5.77. The smallest absolute Gasteiger partial charge is 1.00 e. The molecule has 1 nitrogen and oxygen atoms in total. The Hall–Kier alpha value is -0.0457. The van der Waals surface area contributed by atoms with Crippen LogP contribution in [0.5, 0.6) is 0 Å². The van der Waals surface area contributed by atoms with E-state index in [1.807, 2.05) is 0 Å². The third-order valence-corrected chi connectivity index (χ3v) is 4.59. The zero-order chi connectivity index (χ0) is 15.5. The van der Waals surface area contributed by atoms with E-state index in [1.54, 1.807) is 0 Å². The first-order valence-corrected chi connectivity index (χ1v) is 8.12. The van der Waals surface area contributed by atoms with Gasteiger partial charge in [0.25, 0.3) is 0 Å². The molecular formula is C20H28Cl2NTi. The summed E-state index contributed by atoms with van der Waals surface area (Å²) in [5.74, 6) is 0. The van der Waals surface area contributed by atoms with E-state index in [4.69, 9.17) is 5.32 Å². The third-order valence-electron chi connectivity index (χ3n) is 4.59. The van der Waals surface area contributed by atoms with Gasteiger partial charge in [-0.3, -0.25) is 0 Å². The molecule has 0 N–H and O–H groups in total. The van der Waals surface area contributed by atoms with Gasteiger partial charge in [0, 0.05) is 0 Å². The van der Waals surface area contributed by atoms with Crippen LogP contribution >= 0.6 is 0 Å². The van der Waals surface area contributed by atoms with Gasteiger partial charge >= 0.3 is 21.7 Å². The normalized spacial score (nSPS) is 13.6. The van der Waals surface area contributed by atoms with E-state index in [1.165, 1.54) is 40.7 Å². The number of halogens is 2. The maximum atomic E-state index is 4.95. The minimum Gasteiger partial charge on any atom is -1.00 e. The molecule has 4 heteroatoms. The fraction of sp³-hybridized carbons (Fsp3) is 0.500. The summed E-state index contributed by atoms with van der Waals surface area (Å²) in [4.78, 5) is 0. The SMILES string of the molecule is CCCC[N-]C(C)(C)c1ccccc1C1=C(C)C(C)=CC1.[Cl-].[Cl-].[Ti+3]. The predicted molar refractivity (Wildman–Crippen MR) is 93.6 cm³/mol. The number of rotatable bonds is 6. The van der Waals surface area contributed by atoms with E-state index in [2.05, 4.69) is 65.0 Å². The van der Waals surface area contributed by atoms with Gasteiger partial charge in [0.05, 0.1) is 0 Å². The molecular weight excluding hydrogens is 373 g/mol. The van der Waals surface area contributed by atoms with E-state index in [0.717, 1.165) is 13.0 Å². The standard InChI is InChI=1S/C20H28N.2ClH.Ti/c1-6-7-14-21-20(4,5)19-11-9-8-10-18(19)17-13-12-15(2)16(17)3;;;/h8-12H,6-7,13-14H2,1-5H3;2*1H;/q-1;;;+3/p-2. The average Bonchev–Trinajstić information content (AvgIpc) is 2.79. The van der Waals surface area contributed by atoms with Crippen LogP contribution in [0.15, 0.2) is 41.5 Å². The van der Waals surface area contributed by atoms with Crippen molar-refractivity contribution in [2.45, 2.75) is 59.4 Å². The fourth-order valence-electron chi connectivity index (χ4n) is 2.99. The van der Waals surface area contributed by atoms with Crippen molar-refractivity contribution < 1.29 is 46.5 Å². The van der Waals surface area contributed by atoms with Crippen LogP contribution in [0.4, 0.5) is 0 Å². The molecule has 0 amide bonds. The quantitative estimate of drug-likeness (QED) is 0.479. The molecule has 1 aromatic rings. The number of nitrogens with zero attached hydrogens (tertiary/aromatic N) is 1. The summed E-state index contributed by atoms with van der Waals surface area (Å²) in [6.45, 7) is 12.1. The molecule has 1 radical (unpaired) electrons. The van der Waals surface area contributed by atoms with Crippen molar-refractivity contribution in [1.29, 1.82) is 0 Å². The Labute approximate surface area is 175 Å². The molecule has 2 rings (SSSR count). The Morgan fingerprint density at radius 2 is 1.71 bits per heavy atom. The topological polar surface area (TPSA) is 14.1 Å². The predicted octanol–water partition coefficient (Wildman–Crippen LogP) is 0.225. The largest absolute Gasteiger partial charge is 3.00 e. The van der Waals surface area contributed by atoms with E-state index in [0.29, 0.717) is 0 Å². The number of hydrogen-bond donors (Lipinski definition) is 0. The van der Waals surface area contributed by atoms with Crippen LogP contribution in [0.25, 0.3) is 10.9 Å². The second kappa shape index (κ2) is 11.5. The van der Waals surface area contributed by atoms with Gasteiger partial charge < -0.3 is 30.1 Å². The molecule has 0 aliphatic heterocycles. The molecule has 0 atom stereocenters. The van der Waals surface area contributed by atoms with Gasteiger partial charge in [-0.15, -0.1) is 12.1 Å². The summed E-state index contributed by atoms with van der Waals surface area (Å²) in [5, 5.41) is 4.95. The summed E-state index contributed by atoms with van der Waals surface area (Å²) in [5.41, 5.74) is 6.95. The van der Waals surface area contributed by atoms with Crippen LogP contribution in [0.3, 0.4) is 0 Å². The van der Waals surface area contributed by atoms with Gasteiger partial charge in [0.1, 0.15) is 0 Å². The Morgan fingerprint density at radius 1 is 1.08 bits per heavy atom. The summed E-state index contributed by atoms with van der Waals surface area (Å²) in [7, 11) is 0. The molecule has 131 valence electrons. The zero-order valence-electron chi connectivity index (χ0n) is 15.4. The van der Waals surface area contributed by atoms with Crippen molar-refractivity contribution in [2.24, 2.45) is 0 Å². The molecule has 0 fully saturated rings. The van der Waals surface area contributed by atoms with Crippen molar-refractivity contribution in [3.8, 4) is 0 Å². The van der Waals surface area contributed by atoms with E-state index in [-0.39, 0.29) is 52.1 Å². The average molecular weight is 401 g/mol. The van der Waals surface area contributed by atoms with Crippen molar-refractivity contribution in [1.82, 2.24) is 0 Å². The van der Waals surface area contributed by atoms with E-state index >= 15 is 0 Å². The first kappa shape index (κ1) is 26.2. The minimum absolute atomic E-state index is 0. The minimum atomic E-state index is -0.116. The molecule has 0 aromatic heterocycles. The summed E-state index contributed by atoms with van der Waals surface area (Å²) >= 11 is 0. The third kappa shape index (κ3) is 6.04. The fourth-order valence-corrected chi connectivity index (χ4v) is 2.99. The molecule has 0 spiro atoms. The molecule has 1 aliphatic carbocycles. The van der Waals surface area contributed by atoms with Crippen molar-refractivity contribution in [3.63, 3.8) is 0 Å². The van der Waals surface area contributed by atoms with Crippen LogP contribution in [0.2, 0.25) is 0 Å². The van der Waals surface area contributed by atoms with Crippen LogP contribution in [-0.2, 0) is 27.3 Å². The molecule has 0 heterocycles. The molecule has 1 aliphatic rings. The van der Waals surface area contributed by atoms with Crippen molar-refractivity contribution >= 4 is 5.57 Å². The van der Waals surface area contributed by atoms with Crippen molar-refractivity contribution in [2.75, 3.05) is 6.54 Å². The Bertz CT molecular complexity index is 577.